The van der Waals surface area contributed by atoms with Crippen LogP contribution in [0.1, 0.15) is 38.2 Å². The average molecular weight is 342 g/mol. The van der Waals surface area contributed by atoms with E-state index >= 15 is 0 Å². The number of amides is 4. The lowest BCUT2D eigenvalue weighted by atomic mass is 9.93. The molecule has 6 nitrogen and oxygen atoms in total. The molecule has 0 fully saturated rings. The number of hydrogen-bond donors (Lipinski definition) is 0. The van der Waals surface area contributed by atoms with Crippen molar-refractivity contribution in [3.63, 3.8) is 0 Å². The number of fused-ring (bicyclic) bond motifs is 1. The fourth-order valence-electron chi connectivity index (χ4n) is 3.79. The molecular weight excluding hydrogens is 327 g/mol. The minimum absolute atomic E-state index is 0.0806. The number of imide groups is 2. The van der Waals surface area contributed by atoms with Crippen LogP contribution in [0.2, 0.25) is 0 Å². The van der Waals surface area contributed by atoms with E-state index in [2.05, 4.69) is 0 Å². The van der Waals surface area contributed by atoms with Gasteiger partial charge in [-0.2, -0.15) is 0 Å². The number of carbonyl (C=O) groups excluding carboxylic acids is 4. The van der Waals surface area contributed by atoms with Gasteiger partial charge in [0.25, 0.3) is 11.8 Å². The molecule has 4 amide bonds. The molecular formula is C18H15FN2O4. The van der Waals surface area contributed by atoms with Crippen LogP contribution in [0.5, 0.6) is 0 Å². The summed E-state index contributed by atoms with van der Waals surface area (Å²) in [5.74, 6) is -2.69. The molecule has 7 heteroatoms. The first-order chi connectivity index (χ1) is 11.9. The number of anilines is 2. The van der Waals surface area contributed by atoms with Crippen LogP contribution >= 0.6 is 0 Å². The summed E-state index contributed by atoms with van der Waals surface area (Å²) >= 11 is 0. The highest BCUT2D eigenvalue weighted by Gasteiger charge is 2.42. The van der Waals surface area contributed by atoms with Gasteiger partial charge in [-0.25, -0.2) is 9.29 Å². The van der Waals surface area contributed by atoms with Gasteiger partial charge < -0.3 is 0 Å². The van der Waals surface area contributed by atoms with Gasteiger partial charge in [-0.05, 0) is 43.4 Å². The highest BCUT2D eigenvalue weighted by atomic mass is 19.1. The van der Waals surface area contributed by atoms with Crippen molar-refractivity contribution in [1.29, 1.82) is 0 Å². The topological polar surface area (TPSA) is 74.8 Å². The molecule has 128 valence electrons. The molecule has 0 bridgehead atoms. The SMILES string of the molecule is CC(=O)N1C(=O)Cc2cc(F)c(N3C(=O)C4=C(CCCC4)C3=O)cc21. The molecule has 0 saturated carbocycles. The largest absolute Gasteiger partial charge is 0.274 e. The molecule has 1 aliphatic carbocycles. The minimum Gasteiger partial charge on any atom is -0.274 e. The Hall–Kier alpha value is -2.83. The number of halogens is 1. The number of rotatable bonds is 1. The zero-order valence-electron chi connectivity index (χ0n) is 13.6. The second-order valence-corrected chi connectivity index (χ2v) is 6.47. The van der Waals surface area contributed by atoms with E-state index in [1.165, 1.54) is 13.0 Å². The second kappa shape index (κ2) is 5.34. The van der Waals surface area contributed by atoms with E-state index in [-0.39, 0.29) is 17.8 Å². The summed E-state index contributed by atoms with van der Waals surface area (Å²) in [6, 6.07) is 2.38. The van der Waals surface area contributed by atoms with Crippen molar-refractivity contribution >= 4 is 35.0 Å². The fraction of sp³-hybridized carbons (Fsp3) is 0.333. The Balaban J connectivity index is 1.81. The first kappa shape index (κ1) is 15.7. The van der Waals surface area contributed by atoms with Crippen LogP contribution in [0.4, 0.5) is 15.8 Å². The molecule has 25 heavy (non-hydrogen) atoms. The number of carbonyl (C=O) groups is 4. The number of hydrogen-bond acceptors (Lipinski definition) is 4. The Morgan fingerprint density at radius 1 is 1.00 bits per heavy atom. The van der Waals surface area contributed by atoms with Gasteiger partial charge in [-0.15, -0.1) is 0 Å². The first-order valence-electron chi connectivity index (χ1n) is 8.17. The smallest absolute Gasteiger partial charge is 0.261 e. The van der Waals surface area contributed by atoms with Crippen LogP contribution in [0.25, 0.3) is 0 Å². The Labute approximate surface area is 142 Å². The lowest BCUT2D eigenvalue weighted by Crippen LogP contribution is -2.33. The van der Waals surface area contributed by atoms with Gasteiger partial charge in [0.05, 0.1) is 17.8 Å². The van der Waals surface area contributed by atoms with E-state index in [4.69, 9.17) is 0 Å². The maximum atomic E-state index is 14.6. The maximum absolute atomic E-state index is 14.6. The van der Waals surface area contributed by atoms with Crippen LogP contribution in [0.15, 0.2) is 23.3 Å². The van der Waals surface area contributed by atoms with Crippen molar-refractivity contribution < 1.29 is 23.6 Å². The van der Waals surface area contributed by atoms with E-state index in [1.807, 2.05) is 0 Å². The lowest BCUT2D eigenvalue weighted by Gasteiger charge is -2.19. The second-order valence-electron chi connectivity index (χ2n) is 6.47. The Morgan fingerprint density at radius 2 is 1.60 bits per heavy atom. The van der Waals surface area contributed by atoms with Gasteiger partial charge in [0.15, 0.2) is 0 Å². The summed E-state index contributed by atoms with van der Waals surface area (Å²) in [7, 11) is 0. The van der Waals surface area contributed by atoms with Crippen LogP contribution in [-0.2, 0) is 25.6 Å². The monoisotopic (exact) mass is 342 g/mol. The predicted octanol–water partition coefficient (Wildman–Crippen LogP) is 2.01. The van der Waals surface area contributed by atoms with E-state index in [9.17, 15) is 23.6 Å². The summed E-state index contributed by atoms with van der Waals surface area (Å²) in [6.07, 6.45) is 2.60. The zero-order valence-corrected chi connectivity index (χ0v) is 13.6. The molecule has 1 aromatic carbocycles. The molecule has 2 heterocycles. The van der Waals surface area contributed by atoms with Gasteiger partial charge >= 0.3 is 0 Å². The van der Waals surface area contributed by atoms with Gasteiger partial charge in [-0.1, -0.05) is 0 Å². The molecule has 0 radical (unpaired) electrons. The van der Waals surface area contributed by atoms with Crippen molar-refractivity contribution in [2.75, 3.05) is 9.80 Å². The third-order valence-electron chi connectivity index (χ3n) is 4.93. The lowest BCUT2D eigenvalue weighted by molar-refractivity contribution is -0.125. The predicted molar refractivity (Wildman–Crippen MR) is 86.3 cm³/mol. The van der Waals surface area contributed by atoms with Crippen molar-refractivity contribution in [2.45, 2.75) is 39.0 Å². The molecule has 0 saturated heterocycles. The Bertz CT molecular complexity index is 875. The molecule has 0 aromatic heterocycles. The molecule has 3 aliphatic rings. The first-order valence-corrected chi connectivity index (χ1v) is 8.17. The number of nitrogens with zero attached hydrogens (tertiary/aromatic N) is 2. The van der Waals surface area contributed by atoms with Gasteiger partial charge in [0.1, 0.15) is 5.82 Å². The molecule has 0 unspecified atom stereocenters. The normalized spacial score (nSPS) is 19.7. The molecule has 0 N–H and O–H groups in total. The van der Waals surface area contributed by atoms with Gasteiger partial charge in [0.2, 0.25) is 11.8 Å². The molecule has 0 spiro atoms. The molecule has 1 aromatic rings. The van der Waals surface area contributed by atoms with Gasteiger partial charge in [-0.3, -0.25) is 24.1 Å². The molecule has 4 rings (SSSR count). The Kier molecular flexibility index (Phi) is 3.35. The van der Waals surface area contributed by atoms with E-state index in [0.29, 0.717) is 29.6 Å². The summed E-state index contributed by atoms with van der Waals surface area (Å²) in [5.41, 5.74) is 1.31. The van der Waals surface area contributed by atoms with Gasteiger partial charge in [0, 0.05) is 18.1 Å². The number of benzene rings is 1. The summed E-state index contributed by atoms with van der Waals surface area (Å²) in [4.78, 5) is 50.7. The van der Waals surface area contributed by atoms with Crippen molar-refractivity contribution in [1.82, 2.24) is 0 Å². The highest BCUT2D eigenvalue weighted by molar-refractivity contribution is 6.33. The van der Waals surface area contributed by atoms with Crippen LogP contribution in [0.3, 0.4) is 0 Å². The van der Waals surface area contributed by atoms with E-state index in [1.54, 1.807) is 0 Å². The van der Waals surface area contributed by atoms with Crippen molar-refractivity contribution in [3.8, 4) is 0 Å². The summed E-state index contributed by atoms with van der Waals surface area (Å²) < 4.78 is 14.6. The van der Waals surface area contributed by atoms with E-state index in [0.717, 1.165) is 28.7 Å². The minimum atomic E-state index is -0.751. The average Bonchev–Trinajstić information content (AvgIpc) is 3.01. The maximum Gasteiger partial charge on any atom is 0.261 e. The van der Waals surface area contributed by atoms with Crippen LogP contribution in [0, 0.1) is 5.82 Å². The third-order valence-corrected chi connectivity index (χ3v) is 4.93. The van der Waals surface area contributed by atoms with Crippen molar-refractivity contribution in [3.05, 3.63) is 34.7 Å². The fourth-order valence-corrected chi connectivity index (χ4v) is 3.79. The van der Waals surface area contributed by atoms with Crippen LogP contribution in [-0.4, -0.2) is 23.6 Å². The third kappa shape index (κ3) is 2.15. The molecule has 2 aliphatic heterocycles. The zero-order chi connectivity index (χ0) is 17.9. The molecule has 0 atom stereocenters. The van der Waals surface area contributed by atoms with Crippen LogP contribution < -0.4 is 9.80 Å². The van der Waals surface area contributed by atoms with Crippen molar-refractivity contribution in [2.24, 2.45) is 0 Å². The summed E-state index contributed by atoms with van der Waals surface area (Å²) in [6.45, 7) is 1.24. The highest BCUT2D eigenvalue weighted by Crippen LogP contribution is 2.40. The van der Waals surface area contributed by atoms with E-state index < -0.39 is 29.4 Å². The quantitative estimate of drug-likeness (QED) is 0.732. The summed E-state index contributed by atoms with van der Waals surface area (Å²) in [5, 5.41) is 0. The standard InChI is InChI=1S/C18H15FN2O4/c1-9(22)20-14-8-15(13(19)6-10(14)7-16(20)23)21-17(24)11-4-2-3-5-12(11)18(21)25/h6,8H,2-5,7H2,1H3. The Morgan fingerprint density at radius 3 is 2.16 bits per heavy atom.